The molecule has 0 saturated carbocycles. The standard InChI is InChI=1S/C10H9FN4OS/c1-5-2-6(11)4-7(3-5)13-8(16)9-14-15-10(12)17-9/h2-4H,1H3,(H2,12,15)(H,13,16). The average molecular weight is 252 g/mol. The fraction of sp³-hybridized carbons (Fsp3) is 0.100. The summed E-state index contributed by atoms with van der Waals surface area (Å²) in [6.07, 6.45) is 0. The Kier molecular flexibility index (Phi) is 3.01. The second-order valence-electron chi connectivity index (χ2n) is 3.42. The first kappa shape index (κ1) is 11.5. The predicted octanol–water partition coefficient (Wildman–Crippen LogP) is 1.82. The molecule has 1 aromatic heterocycles. The summed E-state index contributed by atoms with van der Waals surface area (Å²) in [6, 6.07) is 4.26. The van der Waals surface area contributed by atoms with E-state index in [1.165, 1.54) is 12.1 Å². The van der Waals surface area contributed by atoms with Gasteiger partial charge < -0.3 is 11.1 Å². The number of nitrogen functional groups attached to an aromatic ring is 1. The topological polar surface area (TPSA) is 80.9 Å². The van der Waals surface area contributed by atoms with Gasteiger partial charge in [-0.3, -0.25) is 4.79 Å². The zero-order valence-corrected chi connectivity index (χ0v) is 9.71. The van der Waals surface area contributed by atoms with E-state index in [1.807, 2.05) is 0 Å². The van der Waals surface area contributed by atoms with E-state index < -0.39 is 11.7 Å². The number of anilines is 2. The zero-order valence-electron chi connectivity index (χ0n) is 8.90. The number of rotatable bonds is 2. The molecule has 1 heterocycles. The molecule has 0 saturated heterocycles. The van der Waals surface area contributed by atoms with E-state index in [-0.39, 0.29) is 10.1 Å². The third-order valence-corrected chi connectivity index (χ3v) is 2.69. The number of nitrogens with two attached hydrogens (primary N) is 1. The highest BCUT2D eigenvalue weighted by molar-refractivity contribution is 7.16. The summed E-state index contributed by atoms with van der Waals surface area (Å²) >= 11 is 0.973. The number of aryl methyl sites for hydroxylation is 1. The van der Waals surface area contributed by atoms with Gasteiger partial charge in [-0.2, -0.15) is 0 Å². The molecule has 88 valence electrons. The number of nitrogens with one attached hydrogen (secondary N) is 1. The Balaban J connectivity index is 2.18. The van der Waals surface area contributed by atoms with Gasteiger partial charge in [0.1, 0.15) is 5.82 Å². The number of benzene rings is 1. The van der Waals surface area contributed by atoms with E-state index in [2.05, 4.69) is 15.5 Å². The van der Waals surface area contributed by atoms with Crippen molar-refractivity contribution in [3.63, 3.8) is 0 Å². The lowest BCUT2D eigenvalue weighted by Crippen LogP contribution is -2.11. The molecule has 1 amide bonds. The summed E-state index contributed by atoms with van der Waals surface area (Å²) in [5, 5.41) is 10.0. The highest BCUT2D eigenvalue weighted by Gasteiger charge is 2.12. The van der Waals surface area contributed by atoms with Crippen LogP contribution in [0.5, 0.6) is 0 Å². The molecule has 0 aliphatic heterocycles. The molecule has 0 atom stereocenters. The van der Waals surface area contributed by atoms with Crippen LogP contribution in [0.1, 0.15) is 15.4 Å². The summed E-state index contributed by atoms with van der Waals surface area (Å²) in [4.78, 5) is 11.7. The van der Waals surface area contributed by atoms with Crippen molar-refractivity contribution in [2.24, 2.45) is 0 Å². The number of halogens is 1. The Bertz CT molecular complexity index is 549. The average Bonchev–Trinajstić information content (AvgIpc) is 2.63. The fourth-order valence-electron chi connectivity index (χ4n) is 1.32. The van der Waals surface area contributed by atoms with E-state index >= 15 is 0 Å². The van der Waals surface area contributed by atoms with Gasteiger partial charge in [0.25, 0.3) is 5.91 Å². The van der Waals surface area contributed by atoms with Gasteiger partial charge in [0.05, 0.1) is 0 Å². The van der Waals surface area contributed by atoms with E-state index in [1.54, 1.807) is 13.0 Å². The first-order chi connectivity index (χ1) is 8.04. The van der Waals surface area contributed by atoms with Crippen molar-refractivity contribution in [2.75, 3.05) is 11.1 Å². The Hall–Kier alpha value is -2.02. The van der Waals surface area contributed by atoms with Crippen LogP contribution in [0.4, 0.5) is 15.2 Å². The van der Waals surface area contributed by atoms with Crippen molar-refractivity contribution in [3.8, 4) is 0 Å². The minimum absolute atomic E-state index is 0.143. The minimum atomic E-state index is -0.454. The molecule has 3 N–H and O–H groups in total. The molecule has 0 unspecified atom stereocenters. The molecule has 5 nitrogen and oxygen atoms in total. The normalized spacial score (nSPS) is 10.2. The monoisotopic (exact) mass is 252 g/mol. The molecule has 0 bridgehead atoms. The number of hydrogen-bond donors (Lipinski definition) is 2. The fourth-order valence-corrected chi connectivity index (χ4v) is 1.82. The van der Waals surface area contributed by atoms with Gasteiger partial charge in [-0.05, 0) is 30.7 Å². The maximum atomic E-state index is 13.1. The van der Waals surface area contributed by atoms with Crippen LogP contribution in [-0.2, 0) is 0 Å². The lowest BCUT2D eigenvalue weighted by molar-refractivity contribution is 0.102. The second-order valence-corrected chi connectivity index (χ2v) is 4.43. The number of aromatic nitrogens is 2. The second kappa shape index (κ2) is 4.46. The van der Waals surface area contributed by atoms with Crippen LogP contribution in [0.2, 0.25) is 0 Å². The van der Waals surface area contributed by atoms with Crippen LogP contribution in [0.25, 0.3) is 0 Å². The third kappa shape index (κ3) is 2.76. The number of amides is 1. The third-order valence-electron chi connectivity index (χ3n) is 1.93. The van der Waals surface area contributed by atoms with Crippen molar-refractivity contribution in [3.05, 3.63) is 34.6 Å². The molecule has 1 aromatic carbocycles. The first-order valence-corrected chi connectivity index (χ1v) is 5.54. The summed E-state index contributed by atoms with van der Waals surface area (Å²) < 4.78 is 13.1. The zero-order chi connectivity index (χ0) is 12.4. The van der Waals surface area contributed by atoms with E-state index in [0.717, 1.165) is 16.9 Å². The van der Waals surface area contributed by atoms with E-state index in [4.69, 9.17) is 5.73 Å². The van der Waals surface area contributed by atoms with Crippen molar-refractivity contribution < 1.29 is 9.18 Å². The van der Waals surface area contributed by atoms with Crippen LogP contribution < -0.4 is 11.1 Å². The van der Waals surface area contributed by atoms with E-state index in [9.17, 15) is 9.18 Å². The number of hydrogen-bond acceptors (Lipinski definition) is 5. The van der Waals surface area contributed by atoms with Gasteiger partial charge in [-0.1, -0.05) is 11.3 Å². The summed E-state index contributed by atoms with van der Waals surface area (Å²) in [5.74, 6) is -0.860. The van der Waals surface area contributed by atoms with Crippen molar-refractivity contribution in [1.29, 1.82) is 0 Å². The molecule has 7 heteroatoms. The lowest BCUT2D eigenvalue weighted by atomic mass is 10.2. The van der Waals surface area contributed by atoms with Crippen molar-refractivity contribution in [2.45, 2.75) is 6.92 Å². The minimum Gasteiger partial charge on any atom is -0.374 e. The Morgan fingerprint density at radius 2 is 2.18 bits per heavy atom. The number of carbonyl (C=O) groups is 1. The number of nitrogens with zero attached hydrogens (tertiary/aromatic N) is 2. The molecule has 0 radical (unpaired) electrons. The van der Waals surface area contributed by atoms with Gasteiger partial charge >= 0.3 is 0 Å². The molecule has 17 heavy (non-hydrogen) atoms. The summed E-state index contributed by atoms with van der Waals surface area (Å²) in [7, 11) is 0. The van der Waals surface area contributed by atoms with E-state index in [0.29, 0.717) is 5.69 Å². The molecule has 2 aromatic rings. The Morgan fingerprint density at radius 3 is 2.76 bits per heavy atom. The smallest absolute Gasteiger partial charge is 0.286 e. The largest absolute Gasteiger partial charge is 0.374 e. The van der Waals surface area contributed by atoms with Gasteiger partial charge in [-0.25, -0.2) is 4.39 Å². The van der Waals surface area contributed by atoms with Crippen LogP contribution in [0.15, 0.2) is 18.2 Å². The highest BCUT2D eigenvalue weighted by atomic mass is 32.1. The summed E-state index contributed by atoms with van der Waals surface area (Å²) in [5.41, 5.74) is 6.46. The Labute approximate surface area is 100 Å². The predicted molar refractivity (Wildman–Crippen MR) is 63.4 cm³/mol. The Morgan fingerprint density at radius 1 is 1.41 bits per heavy atom. The first-order valence-electron chi connectivity index (χ1n) is 4.72. The molecule has 0 fully saturated rings. The highest BCUT2D eigenvalue weighted by Crippen LogP contribution is 2.16. The molecular formula is C10H9FN4OS. The number of carbonyl (C=O) groups excluding carboxylic acids is 1. The van der Waals surface area contributed by atoms with Gasteiger partial charge in [0.15, 0.2) is 0 Å². The molecule has 0 aliphatic rings. The maximum Gasteiger partial charge on any atom is 0.286 e. The molecular weight excluding hydrogens is 243 g/mol. The van der Waals surface area contributed by atoms with Crippen LogP contribution in [0.3, 0.4) is 0 Å². The lowest BCUT2D eigenvalue weighted by Gasteiger charge is -2.03. The SMILES string of the molecule is Cc1cc(F)cc(NC(=O)c2nnc(N)s2)c1. The van der Waals surface area contributed by atoms with Gasteiger partial charge in [0.2, 0.25) is 10.1 Å². The van der Waals surface area contributed by atoms with Crippen LogP contribution in [0, 0.1) is 12.7 Å². The van der Waals surface area contributed by atoms with Crippen LogP contribution in [-0.4, -0.2) is 16.1 Å². The molecule has 0 aliphatic carbocycles. The van der Waals surface area contributed by atoms with Crippen molar-refractivity contribution in [1.82, 2.24) is 10.2 Å². The van der Waals surface area contributed by atoms with Gasteiger partial charge in [0, 0.05) is 5.69 Å². The quantitative estimate of drug-likeness (QED) is 0.854. The van der Waals surface area contributed by atoms with Gasteiger partial charge in [-0.15, -0.1) is 10.2 Å². The van der Waals surface area contributed by atoms with Crippen LogP contribution >= 0.6 is 11.3 Å². The van der Waals surface area contributed by atoms with Crippen molar-refractivity contribution >= 4 is 28.1 Å². The maximum absolute atomic E-state index is 13.1. The summed E-state index contributed by atoms with van der Waals surface area (Å²) in [6.45, 7) is 1.74. The molecule has 0 spiro atoms. The molecule has 2 rings (SSSR count).